The van der Waals surface area contributed by atoms with Gasteiger partial charge in [-0.15, -0.1) is 0 Å². The Labute approximate surface area is 96.2 Å². The van der Waals surface area contributed by atoms with Gasteiger partial charge in [0.15, 0.2) is 0 Å². The zero-order valence-electron chi connectivity index (χ0n) is 9.54. The highest BCUT2D eigenvalue weighted by Crippen LogP contribution is 2.43. The van der Waals surface area contributed by atoms with E-state index in [1.807, 2.05) is 12.1 Å². The third-order valence-electron chi connectivity index (χ3n) is 4.03. The molecule has 1 aliphatic heterocycles. The molecule has 16 heavy (non-hydrogen) atoms. The van der Waals surface area contributed by atoms with Crippen LogP contribution in [0.15, 0.2) is 18.2 Å². The number of benzene rings is 1. The van der Waals surface area contributed by atoms with Crippen LogP contribution >= 0.6 is 0 Å². The maximum Gasteiger partial charge on any atom is 0.127 e. The van der Waals surface area contributed by atoms with E-state index in [1.165, 1.54) is 32.1 Å². The Balaban J connectivity index is 1.91. The average molecular weight is 218 g/mol. The van der Waals surface area contributed by atoms with Gasteiger partial charge in [-0.1, -0.05) is 12.5 Å². The Bertz CT molecular complexity index is 392. The Morgan fingerprint density at radius 3 is 2.69 bits per heavy atom. The quantitative estimate of drug-likeness (QED) is 0.723. The highest BCUT2D eigenvalue weighted by atomic mass is 16.5. The molecule has 1 saturated carbocycles. The molecule has 0 bridgehead atoms. The van der Waals surface area contributed by atoms with Gasteiger partial charge in [0, 0.05) is 5.56 Å². The van der Waals surface area contributed by atoms with Crippen LogP contribution in [-0.2, 0) is 6.42 Å². The SMILES string of the molecule is Oc1cccc2c1CCC1(CCCCC1)O2. The minimum absolute atomic E-state index is 0.0824. The van der Waals surface area contributed by atoms with Gasteiger partial charge in [-0.25, -0.2) is 0 Å². The Kier molecular flexibility index (Phi) is 2.31. The largest absolute Gasteiger partial charge is 0.508 e. The minimum atomic E-state index is 0.0824. The van der Waals surface area contributed by atoms with Crippen LogP contribution in [0.3, 0.4) is 0 Å². The molecule has 0 unspecified atom stereocenters. The molecule has 0 atom stereocenters. The van der Waals surface area contributed by atoms with E-state index >= 15 is 0 Å². The Morgan fingerprint density at radius 2 is 1.88 bits per heavy atom. The topological polar surface area (TPSA) is 29.5 Å². The molecule has 1 N–H and O–H groups in total. The fourth-order valence-corrected chi connectivity index (χ4v) is 3.09. The van der Waals surface area contributed by atoms with Crippen LogP contribution in [0.25, 0.3) is 0 Å². The lowest BCUT2D eigenvalue weighted by atomic mass is 9.79. The summed E-state index contributed by atoms with van der Waals surface area (Å²) in [5.41, 5.74) is 1.08. The summed E-state index contributed by atoms with van der Waals surface area (Å²) in [4.78, 5) is 0. The molecule has 1 aromatic carbocycles. The predicted octanol–water partition coefficient (Wildman–Crippen LogP) is 3.42. The summed E-state index contributed by atoms with van der Waals surface area (Å²) in [6.45, 7) is 0. The molecule has 2 heteroatoms. The smallest absolute Gasteiger partial charge is 0.127 e. The lowest BCUT2D eigenvalue weighted by Crippen LogP contribution is -2.41. The van der Waals surface area contributed by atoms with Crippen molar-refractivity contribution in [1.82, 2.24) is 0 Å². The molecule has 1 aromatic rings. The first-order valence-electron chi connectivity index (χ1n) is 6.29. The fourth-order valence-electron chi connectivity index (χ4n) is 3.09. The fraction of sp³-hybridized carbons (Fsp3) is 0.571. The van der Waals surface area contributed by atoms with Crippen LogP contribution in [0.2, 0.25) is 0 Å². The molecule has 1 spiro atoms. The summed E-state index contributed by atoms with van der Waals surface area (Å²) in [5, 5.41) is 9.76. The maximum absolute atomic E-state index is 9.76. The van der Waals surface area contributed by atoms with Gasteiger partial charge >= 0.3 is 0 Å². The number of hydrogen-bond donors (Lipinski definition) is 1. The van der Waals surface area contributed by atoms with Crippen molar-refractivity contribution in [2.24, 2.45) is 0 Å². The molecular formula is C14H18O2. The Morgan fingerprint density at radius 1 is 1.06 bits per heavy atom. The van der Waals surface area contributed by atoms with Crippen molar-refractivity contribution in [2.45, 2.75) is 50.5 Å². The van der Waals surface area contributed by atoms with Gasteiger partial charge in [0.2, 0.25) is 0 Å². The molecule has 0 aromatic heterocycles. The van der Waals surface area contributed by atoms with Crippen LogP contribution < -0.4 is 4.74 Å². The minimum Gasteiger partial charge on any atom is -0.508 e. The van der Waals surface area contributed by atoms with Gasteiger partial charge < -0.3 is 9.84 Å². The first kappa shape index (κ1) is 10.0. The van der Waals surface area contributed by atoms with E-state index in [2.05, 4.69) is 0 Å². The molecule has 2 aliphatic rings. The van der Waals surface area contributed by atoms with Crippen LogP contribution in [-0.4, -0.2) is 10.7 Å². The van der Waals surface area contributed by atoms with Crippen molar-refractivity contribution in [3.8, 4) is 11.5 Å². The second-order valence-corrected chi connectivity index (χ2v) is 5.10. The lowest BCUT2D eigenvalue weighted by Gasteiger charge is -2.41. The monoisotopic (exact) mass is 218 g/mol. The van der Waals surface area contributed by atoms with E-state index in [0.29, 0.717) is 5.75 Å². The van der Waals surface area contributed by atoms with Gasteiger partial charge in [0.1, 0.15) is 17.1 Å². The first-order valence-corrected chi connectivity index (χ1v) is 6.29. The van der Waals surface area contributed by atoms with Gasteiger partial charge in [-0.2, -0.15) is 0 Å². The van der Waals surface area contributed by atoms with Crippen molar-refractivity contribution >= 4 is 0 Å². The summed E-state index contributed by atoms with van der Waals surface area (Å²) in [5.74, 6) is 1.30. The second-order valence-electron chi connectivity index (χ2n) is 5.10. The molecule has 3 rings (SSSR count). The number of hydrogen-bond acceptors (Lipinski definition) is 2. The van der Waals surface area contributed by atoms with E-state index in [9.17, 15) is 5.11 Å². The molecule has 86 valence electrons. The van der Waals surface area contributed by atoms with Crippen LogP contribution in [0, 0.1) is 0 Å². The number of aromatic hydroxyl groups is 1. The van der Waals surface area contributed by atoms with Gasteiger partial charge in [-0.05, 0) is 50.7 Å². The van der Waals surface area contributed by atoms with Gasteiger partial charge in [0.05, 0.1) is 0 Å². The van der Waals surface area contributed by atoms with Crippen molar-refractivity contribution in [3.05, 3.63) is 23.8 Å². The summed E-state index contributed by atoms with van der Waals surface area (Å²) < 4.78 is 6.18. The van der Waals surface area contributed by atoms with Crippen molar-refractivity contribution < 1.29 is 9.84 Å². The zero-order valence-corrected chi connectivity index (χ0v) is 9.54. The third kappa shape index (κ3) is 1.57. The number of phenolic OH excluding ortho intramolecular Hbond substituents is 1. The second kappa shape index (κ2) is 3.69. The van der Waals surface area contributed by atoms with E-state index < -0.39 is 0 Å². The van der Waals surface area contributed by atoms with Gasteiger partial charge in [-0.3, -0.25) is 0 Å². The molecule has 1 heterocycles. The van der Waals surface area contributed by atoms with Crippen LogP contribution in [0.4, 0.5) is 0 Å². The zero-order chi connectivity index (χ0) is 11.0. The summed E-state index contributed by atoms with van der Waals surface area (Å²) in [6, 6.07) is 5.61. The molecule has 2 nitrogen and oxygen atoms in total. The lowest BCUT2D eigenvalue weighted by molar-refractivity contribution is 0.0102. The van der Waals surface area contributed by atoms with Crippen LogP contribution in [0.1, 0.15) is 44.1 Å². The molecular weight excluding hydrogens is 200 g/mol. The van der Waals surface area contributed by atoms with E-state index in [0.717, 1.165) is 24.2 Å². The molecule has 0 amide bonds. The highest BCUT2D eigenvalue weighted by Gasteiger charge is 2.37. The standard InChI is InChI=1S/C14H18O2/c15-12-5-4-6-13-11(12)7-10-14(16-13)8-2-1-3-9-14/h4-6,15H,1-3,7-10H2. The highest BCUT2D eigenvalue weighted by molar-refractivity contribution is 5.45. The summed E-state index contributed by atoms with van der Waals surface area (Å²) in [6.07, 6.45) is 8.31. The van der Waals surface area contributed by atoms with E-state index in [1.54, 1.807) is 6.07 Å². The number of fused-ring (bicyclic) bond motifs is 1. The first-order chi connectivity index (χ1) is 7.79. The van der Waals surface area contributed by atoms with Crippen molar-refractivity contribution in [2.75, 3.05) is 0 Å². The third-order valence-corrected chi connectivity index (χ3v) is 4.03. The normalized spacial score (nSPS) is 22.5. The summed E-state index contributed by atoms with van der Waals surface area (Å²) in [7, 11) is 0. The molecule has 0 radical (unpaired) electrons. The molecule has 0 saturated heterocycles. The van der Waals surface area contributed by atoms with E-state index in [-0.39, 0.29) is 5.60 Å². The number of ether oxygens (including phenoxy) is 1. The van der Waals surface area contributed by atoms with Crippen LogP contribution in [0.5, 0.6) is 11.5 Å². The maximum atomic E-state index is 9.76. The van der Waals surface area contributed by atoms with Crippen molar-refractivity contribution in [3.63, 3.8) is 0 Å². The Hall–Kier alpha value is -1.18. The van der Waals surface area contributed by atoms with E-state index in [4.69, 9.17) is 4.74 Å². The predicted molar refractivity (Wildman–Crippen MR) is 62.9 cm³/mol. The summed E-state index contributed by atoms with van der Waals surface area (Å²) >= 11 is 0. The van der Waals surface area contributed by atoms with Crippen molar-refractivity contribution in [1.29, 1.82) is 0 Å². The molecule has 1 aliphatic carbocycles. The average Bonchev–Trinajstić information content (AvgIpc) is 2.30. The number of rotatable bonds is 0. The van der Waals surface area contributed by atoms with Gasteiger partial charge in [0.25, 0.3) is 0 Å². The number of phenols is 1. The molecule has 1 fully saturated rings.